The molecule has 38 heavy (non-hydrogen) atoms. The van der Waals surface area contributed by atoms with Crippen LogP contribution in [0.4, 0.5) is 5.69 Å². The molecular weight excluding hydrogens is 522 g/mol. The van der Waals surface area contributed by atoms with Crippen molar-refractivity contribution in [1.82, 2.24) is 9.62 Å². The SMILES string of the molecule is Cc1ccc(NS(=O)(=O)c2ccc(CCC(=O)NCCc3ccc(S(=O)(=O)N4CCCC4)cc3)cc2)cc1. The van der Waals surface area contributed by atoms with Crippen LogP contribution in [0.5, 0.6) is 0 Å². The average Bonchev–Trinajstić information content (AvgIpc) is 3.46. The minimum atomic E-state index is -3.69. The first-order chi connectivity index (χ1) is 18.1. The van der Waals surface area contributed by atoms with Gasteiger partial charge in [-0.05, 0) is 80.1 Å². The molecule has 0 spiro atoms. The zero-order valence-corrected chi connectivity index (χ0v) is 23.0. The van der Waals surface area contributed by atoms with Crippen molar-refractivity contribution in [2.75, 3.05) is 24.4 Å². The summed E-state index contributed by atoms with van der Waals surface area (Å²) in [5, 5.41) is 2.89. The van der Waals surface area contributed by atoms with Crippen LogP contribution in [0.25, 0.3) is 0 Å². The number of nitrogens with zero attached hydrogens (tertiary/aromatic N) is 1. The molecule has 0 unspecified atom stereocenters. The predicted octanol–water partition coefficient (Wildman–Crippen LogP) is 3.87. The van der Waals surface area contributed by atoms with E-state index in [0.717, 1.165) is 29.5 Å². The fourth-order valence-electron chi connectivity index (χ4n) is 4.27. The highest BCUT2D eigenvalue weighted by molar-refractivity contribution is 7.92. The third kappa shape index (κ3) is 7.21. The van der Waals surface area contributed by atoms with Crippen LogP contribution in [0.2, 0.25) is 0 Å². The molecular formula is C28H33N3O5S2. The van der Waals surface area contributed by atoms with Crippen molar-refractivity contribution in [2.24, 2.45) is 0 Å². The molecule has 1 amide bonds. The molecule has 0 radical (unpaired) electrons. The monoisotopic (exact) mass is 555 g/mol. The van der Waals surface area contributed by atoms with Crippen molar-refractivity contribution in [3.63, 3.8) is 0 Å². The van der Waals surface area contributed by atoms with E-state index in [-0.39, 0.29) is 17.2 Å². The molecule has 1 aliphatic rings. The molecule has 1 saturated heterocycles. The molecule has 8 nitrogen and oxygen atoms in total. The van der Waals surface area contributed by atoms with Crippen molar-refractivity contribution in [3.8, 4) is 0 Å². The Balaban J connectivity index is 1.21. The van der Waals surface area contributed by atoms with E-state index in [1.54, 1.807) is 48.5 Å². The van der Waals surface area contributed by atoms with E-state index in [1.165, 1.54) is 16.4 Å². The number of carbonyl (C=O) groups is 1. The van der Waals surface area contributed by atoms with E-state index in [1.807, 2.05) is 19.1 Å². The number of benzene rings is 3. The number of anilines is 1. The first kappa shape index (κ1) is 27.8. The molecule has 1 fully saturated rings. The topological polar surface area (TPSA) is 113 Å². The minimum absolute atomic E-state index is 0.101. The number of nitrogens with one attached hydrogen (secondary N) is 2. The van der Waals surface area contributed by atoms with Crippen molar-refractivity contribution >= 4 is 31.6 Å². The van der Waals surface area contributed by atoms with Crippen LogP contribution < -0.4 is 10.0 Å². The molecule has 2 N–H and O–H groups in total. The number of rotatable bonds is 11. The van der Waals surface area contributed by atoms with Gasteiger partial charge in [-0.15, -0.1) is 0 Å². The molecule has 202 valence electrons. The number of aryl methyl sites for hydroxylation is 2. The Bertz CT molecular complexity index is 1450. The Morgan fingerprint density at radius 1 is 0.763 bits per heavy atom. The van der Waals surface area contributed by atoms with E-state index in [9.17, 15) is 21.6 Å². The molecule has 4 rings (SSSR count). The second-order valence-electron chi connectivity index (χ2n) is 9.47. The zero-order chi connectivity index (χ0) is 27.2. The maximum Gasteiger partial charge on any atom is 0.261 e. The summed E-state index contributed by atoms with van der Waals surface area (Å²) in [6, 6.07) is 20.5. The summed E-state index contributed by atoms with van der Waals surface area (Å²) < 4.78 is 54.6. The van der Waals surface area contributed by atoms with Crippen LogP contribution in [0, 0.1) is 6.92 Å². The standard InChI is InChI=1S/C28H33N3O5S2/c1-22-4-11-25(12-5-22)30-37(33,34)26-13-6-23(7-14-26)10-17-28(32)29-19-18-24-8-15-27(16-9-24)38(35,36)31-20-2-3-21-31/h4-9,11-16,30H,2-3,10,17-21H2,1H3,(H,29,32). The van der Waals surface area contributed by atoms with E-state index in [4.69, 9.17) is 0 Å². The summed E-state index contributed by atoms with van der Waals surface area (Å²) in [6.45, 7) is 3.52. The van der Waals surface area contributed by atoms with Gasteiger partial charge in [-0.1, -0.05) is 42.0 Å². The highest BCUT2D eigenvalue weighted by atomic mass is 32.2. The second-order valence-corrected chi connectivity index (χ2v) is 13.1. The third-order valence-electron chi connectivity index (χ3n) is 6.54. The largest absolute Gasteiger partial charge is 0.356 e. The number of sulfonamides is 2. The maximum atomic E-state index is 12.6. The lowest BCUT2D eigenvalue weighted by Crippen LogP contribution is -2.28. The molecule has 3 aromatic carbocycles. The Morgan fingerprint density at radius 2 is 1.32 bits per heavy atom. The van der Waals surface area contributed by atoms with Crippen LogP contribution in [0.15, 0.2) is 82.6 Å². The molecule has 0 aliphatic carbocycles. The van der Waals surface area contributed by atoms with Gasteiger partial charge in [-0.25, -0.2) is 16.8 Å². The van der Waals surface area contributed by atoms with E-state index in [0.29, 0.717) is 43.1 Å². The summed E-state index contributed by atoms with van der Waals surface area (Å²) in [4.78, 5) is 12.8. The third-order valence-corrected chi connectivity index (χ3v) is 9.85. The van der Waals surface area contributed by atoms with Gasteiger partial charge in [-0.2, -0.15) is 4.31 Å². The fourth-order valence-corrected chi connectivity index (χ4v) is 6.84. The summed E-state index contributed by atoms with van der Waals surface area (Å²) in [5.41, 5.74) is 3.35. The molecule has 0 bridgehead atoms. The van der Waals surface area contributed by atoms with Crippen LogP contribution in [-0.4, -0.2) is 46.7 Å². The molecule has 0 saturated carbocycles. The molecule has 3 aromatic rings. The molecule has 1 heterocycles. The van der Waals surface area contributed by atoms with Crippen molar-refractivity contribution in [3.05, 3.63) is 89.5 Å². The first-order valence-corrected chi connectivity index (χ1v) is 15.6. The maximum absolute atomic E-state index is 12.6. The Morgan fingerprint density at radius 3 is 1.92 bits per heavy atom. The average molecular weight is 556 g/mol. The Kier molecular flexibility index (Phi) is 8.86. The van der Waals surface area contributed by atoms with Gasteiger partial charge in [0.15, 0.2) is 0 Å². The van der Waals surface area contributed by atoms with Crippen LogP contribution in [0.3, 0.4) is 0 Å². The van der Waals surface area contributed by atoms with E-state index < -0.39 is 20.0 Å². The van der Waals surface area contributed by atoms with Gasteiger partial charge >= 0.3 is 0 Å². The fraction of sp³-hybridized carbons (Fsp3) is 0.321. The van der Waals surface area contributed by atoms with Crippen LogP contribution >= 0.6 is 0 Å². The summed E-state index contributed by atoms with van der Waals surface area (Å²) in [6.07, 6.45) is 3.16. The van der Waals surface area contributed by atoms with Gasteiger partial charge in [0.25, 0.3) is 10.0 Å². The van der Waals surface area contributed by atoms with Gasteiger partial charge in [-0.3, -0.25) is 9.52 Å². The van der Waals surface area contributed by atoms with Gasteiger partial charge in [0.2, 0.25) is 15.9 Å². The van der Waals surface area contributed by atoms with Gasteiger partial charge in [0.05, 0.1) is 9.79 Å². The Hall–Kier alpha value is -3.21. The molecule has 0 aromatic heterocycles. The summed E-state index contributed by atoms with van der Waals surface area (Å²) in [5.74, 6) is -0.101. The quantitative estimate of drug-likeness (QED) is 0.373. The van der Waals surface area contributed by atoms with E-state index in [2.05, 4.69) is 10.0 Å². The van der Waals surface area contributed by atoms with Crippen molar-refractivity contribution in [2.45, 2.75) is 48.8 Å². The van der Waals surface area contributed by atoms with Crippen molar-refractivity contribution in [1.29, 1.82) is 0 Å². The van der Waals surface area contributed by atoms with Gasteiger partial charge < -0.3 is 5.32 Å². The smallest absolute Gasteiger partial charge is 0.261 e. The lowest BCUT2D eigenvalue weighted by Gasteiger charge is -2.15. The number of hydrogen-bond donors (Lipinski definition) is 2. The van der Waals surface area contributed by atoms with Gasteiger partial charge in [0.1, 0.15) is 0 Å². The highest BCUT2D eigenvalue weighted by Crippen LogP contribution is 2.21. The first-order valence-electron chi connectivity index (χ1n) is 12.7. The summed E-state index contributed by atoms with van der Waals surface area (Å²) in [7, 11) is -7.12. The number of carbonyl (C=O) groups excluding carboxylic acids is 1. The van der Waals surface area contributed by atoms with Crippen LogP contribution in [-0.2, 0) is 37.7 Å². The molecule has 1 aliphatic heterocycles. The molecule has 10 heteroatoms. The number of hydrogen-bond acceptors (Lipinski definition) is 5. The highest BCUT2D eigenvalue weighted by Gasteiger charge is 2.26. The Labute approximate surface area is 225 Å². The minimum Gasteiger partial charge on any atom is -0.356 e. The lowest BCUT2D eigenvalue weighted by molar-refractivity contribution is -0.121. The van der Waals surface area contributed by atoms with Crippen LogP contribution in [0.1, 0.15) is 36.0 Å². The normalized spacial score (nSPS) is 14.3. The van der Waals surface area contributed by atoms with Gasteiger partial charge in [0, 0.05) is 31.7 Å². The number of amides is 1. The summed E-state index contributed by atoms with van der Waals surface area (Å²) >= 11 is 0. The van der Waals surface area contributed by atoms with E-state index >= 15 is 0 Å². The molecule has 0 atom stereocenters. The lowest BCUT2D eigenvalue weighted by atomic mass is 10.1. The zero-order valence-electron chi connectivity index (χ0n) is 21.4. The van der Waals surface area contributed by atoms with Crippen molar-refractivity contribution < 1.29 is 21.6 Å². The second kappa shape index (κ2) is 12.1. The predicted molar refractivity (Wildman–Crippen MR) is 148 cm³/mol.